The van der Waals surface area contributed by atoms with Crippen molar-refractivity contribution in [3.63, 3.8) is 0 Å². The van der Waals surface area contributed by atoms with Gasteiger partial charge in [-0.2, -0.15) is 0 Å². The molecule has 3 rings (SSSR count). The number of aliphatic hydroxyl groups excluding tert-OH is 1. The predicted octanol–water partition coefficient (Wildman–Crippen LogP) is -0.417. The smallest absolute Gasteiger partial charge is 0.323 e. The normalized spacial score (nSPS) is 24.8. The summed E-state index contributed by atoms with van der Waals surface area (Å²) in [5.41, 5.74) is 12.6. The third-order valence-corrected chi connectivity index (χ3v) is 4.32. The zero-order valence-electron chi connectivity index (χ0n) is 14.1. The molecule has 0 bridgehead atoms. The van der Waals surface area contributed by atoms with Crippen molar-refractivity contribution in [1.29, 1.82) is 0 Å². The first-order valence-corrected chi connectivity index (χ1v) is 8.07. The zero-order chi connectivity index (χ0) is 18.1. The lowest BCUT2D eigenvalue weighted by Crippen LogP contribution is -2.41. The monoisotopic (exact) mass is 350 g/mol. The van der Waals surface area contributed by atoms with Crippen LogP contribution in [0, 0.1) is 5.92 Å². The van der Waals surface area contributed by atoms with Gasteiger partial charge in [-0.3, -0.25) is 9.36 Å². The van der Waals surface area contributed by atoms with E-state index in [9.17, 15) is 9.90 Å². The molecular weight excluding hydrogens is 328 g/mol. The van der Waals surface area contributed by atoms with Gasteiger partial charge in [-0.25, -0.2) is 15.0 Å². The Morgan fingerprint density at radius 1 is 1.48 bits per heavy atom. The molecule has 0 aromatic carbocycles. The topological polar surface area (TPSA) is 151 Å². The number of anilines is 1. The molecule has 1 fully saturated rings. The predicted molar refractivity (Wildman–Crippen MR) is 88.0 cm³/mol. The quantitative estimate of drug-likeness (QED) is 0.611. The molecule has 3 heterocycles. The fraction of sp³-hybridized carbons (Fsp3) is 0.600. The number of rotatable bonds is 5. The first-order chi connectivity index (χ1) is 11.9. The average Bonchev–Trinajstić information content (AvgIpc) is 3.18. The van der Waals surface area contributed by atoms with Gasteiger partial charge in [0.15, 0.2) is 11.5 Å². The highest BCUT2D eigenvalue weighted by atomic mass is 16.6. The molecule has 0 radical (unpaired) electrons. The van der Waals surface area contributed by atoms with E-state index >= 15 is 0 Å². The molecule has 0 saturated carbocycles. The SMILES string of the molecule is CC(C)[C@H](N)C(=O)O[C@@H]1C[C@H](n2cnc3c(N)ncnc32)O[C@@H]1CO. The summed E-state index contributed by atoms with van der Waals surface area (Å²) in [7, 11) is 0. The first-order valence-electron chi connectivity index (χ1n) is 8.07. The second-order valence-electron chi connectivity index (χ2n) is 6.38. The van der Waals surface area contributed by atoms with Gasteiger partial charge in [-0.15, -0.1) is 0 Å². The molecule has 2 aromatic rings. The van der Waals surface area contributed by atoms with E-state index in [-0.39, 0.29) is 18.3 Å². The maximum atomic E-state index is 12.1. The molecule has 136 valence electrons. The van der Waals surface area contributed by atoms with Gasteiger partial charge >= 0.3 is 5.97 Å². The van der Waals surface area contributed by atoms with E-state index in [4.69, 9.17) is 20.9 Å². The van der Waals surface area contributed by atoms with E-state index in [2.05, 4.69) is 15.0 Å². The largest absolute Gasteiger partial charge is 0.458 e. The molecule has 0 spiro atoms. The van der Waals surface area contributed by atoms with Gasteiger partial charge in [0.25, 0.3) is 0 Å². The van der Waals surface area contributed by atoms with Gasteiger partial charge in [0, 0.05) is 6.42 Å². The second-order valence-corrected chi connectivity index (χ2v) is 6.38. The van der Waals surface area contributed by atoms with Gasteiger partial charge in [0.2, 0.25) is 0 Å². The van der Waals surface area contributed by atoms with Crippen LogP contribution in [-0.2, 0) is 14.3 Å². The number of aliphatic hydroxyl groups is 1. The molecule has 5 N–H and O–H groups in total. The fourth-order valence-electron chi connectivity index (χ4n) is 2.74. The Balaban J connectivity index is 1.79. The number of fused-ring (bicyclic) bond motifs is 1. The molecule has 0 amide bonds. The Morgan fingerprint density at radius 3 is 2.92 bits per heavy atom. The fourth-order valence-corrected chi connectivity index (χ4v) is 2.74. The highest BCUT2D eigenvalue weighted by Crippen LogP contribution is 2.33. The van der Waals surface area contributed by atoms with E-state index in [0.29, 0.717) is 17.6 Å². The minimum atomic E-state index is -0.722. The maximum absolute atomic E-state index is 12.1. The van der Waals surface area contributed by atoms with Crippen molar-refractivity contribution in [2.45, 2.75) is 44.7 Å². The van der Waals surface area contributed by atoms with Crippen LogP contribution in [0.3, 0.4) is 0 Å². The average molecular weight is 350 g/mol. The van der Waals surface area contributed by atoms with Crippen LogP contribution < -0.4 is 11.5 Å². The number of carbonyl (C=O) groups excluding carboxylic acids is 1. The van der Waals surface area contributed by atoms with E-state index < -0.39 is 30.4 Å². The van der Waals surface area contributed by atoms with Gasteiger partial charge < -0.3 is 26.0 Å². The number of hydrogen-bond acceptors (Lipinski definition) is 9. The van der Waals surface area contributed by atoms with Crippen LogP contribution >= 0.6 is 0 Å². The molecule has 4 atom stereocenters. The summed E-state index contributed by atoms with van der Waals surface area (Å²) in [5.74, 6) is -0.286. The number of imidazole rings is 1. The van der Waals surface area contributed by atoms with Crippen LogP contribution in [0.4, 0.5) is 5.82 Å². The number of ether oxygens (including phenoxy) is 2. The lowest BCUT2D eigenvalue weighted by atomic mass is 10.1. The van der Waals surface area contributed by atoms with Crippen LogP contribution in [0.15, 0.2) is 12.7 Å². The summed E-state index contributed by atoms with van der Waals surface area (Å²) >= 11 is 0. The number of esters is 1. The summed E-state index contributed by atoms with van der Waals surface area (Å²) < 4.78 is 13.0. The van der Waals surface area contributed by atoms with Crippen LogP contribution in [-0.4, -0.2) is 55.5 Å². The molecule has 1 aliphatic rings. The van der Waals surface area contributed by atoms with E-state index in [0.717, 1.165) is 0 Å². The molecule has 25 heavy (non-hydrogen) atoms. The van der Waals surface area contributed by atoms with Crippen LogP contribution in [0.5, 0.6) is 0 Å². The van der Waals surface area contributed by atoms with Crippen LogP contribution in [0.1, 0.15) is 26.5 Å². The van der Waals surface area contributed by atoms with Gasteiger partial charge in [-0.05, 0) is 5.92 Å². The number of nitrogen functional groups attached to an aromatic ring is 1. The minimum Gasteiger partial charge on any atom is -0.458 e. The summed E-state index contributed by atoms with van der Waals surface area (Å²) in [5, 5.41) is 9.55. The summed E-state index contributed by atoms with van der Waals surface area (Å²) in [4.78, 5) is 24.4. The molecule has 0 aliphatic carbocycles. The molecule has 10 heteroatoms. The van der Waals surface area contributed by atoms with Crippen molar-refractivity contribution in [1.82, 2.24) is 19.5 Å². The Hall–Kier alpha value is -2.30. The number of hydrogen-bond donors (Lipinski definition) is 3. The van der Waals surface area contributed by atoms with Crippen molar-refractivity contribution >= 4 is 23.0 Å². The first kappa shape index (κ1) is 17.5. The van der Waals surface area contributed by atoms with Gasteiger partial charge in [0.05, 0.1) is 12.9 Å². The highest BCUT2D eigenvalue weighted by Gasteiger charge is 2.40. The van der Waals surface area contributed by atoms with Crippen LogP contribution in [0.25, 0.3) is 11.2 Å². The molecule has 10 nitrogen and oxygen atoms in total. The van der Waals surface area contributed by atoms with Crippen molar-refractivity contribution < 1.29 is 19.4 Å². The van der Waals surface area contributed by atoms with Gasteiger partial charge in [0.1, 0.15) is 36.3 Å². The van der Waals surface area contributed by atoms with Crippen molar-refractivity contribution in [3.05, 3.63) is 12.7 Å². The Morgan fingerprint density at radius 2 is 2.24 bits per heavy atom. The van der Waals surface area contributed by atoms with Gasteiger partial charge in [-0.1, -0.05) is 13.8 Å². The third kappa shape index (κ3) is 3.28. The summed E-state index contributed by atoms with van der Waals surface area (Å²) in [6.45, 7) is 3.39. The molecule has 1 aliphatic heterocycles. The molecule has 2 aromatic heterocycles. The number of aromatic nitrogens is 4. The van der Waals surface area contributed by atoms with Crippen molar-refractivity contribution in [3.8, 4) is 0 Å². The lowest BCUT2D eigenvalue weighted by Gasteiger charge is -2.20. The Kier molecular flexibility index (Phi) is 4.84. The minimum absolute atomic E-state index is 0.0459. The maximum Gasteiger partial charge on any atom is 0.323 e. The molecule has 0 unspecified atom stereocenters. The second kappa shape index (κ2) is 6.90. The van der Waals surface area contributed by atoms with E-state index in [1.54, 1.807) is 10.9 Å². The number of nitrogens with zero attached hydrogens (tertiary/aromatic N) is 4. The molecule has 1 saturated heterocycles. The van der Waals surface area contributed by atoms with Crippen molar-refractivity contribution in [2.24, 2.45) is 11.7 Å². The molecular formula is C15H22N6O4. The van der Waals surface area contributed by atoms with E-state index in [1.807, 2.05) is 13.8 Å². The Bertz CT molecular complexity index is 764. The zero-order valence-corrected chi connectivity index (χ0v) is 14.1. The lowest BCUT2D eigenvalue weighted by molar-refractivity contribution is -0.155. The summed E-state index contributed by atoms with van der Waals surface area (Å²) in [6, 6.07) is -0.722. The third-order valence-electron chi connectivity index (χ3n) is 4.32. The van der Waals surface area contributed by atoms with E-state index in [1.165, 1.54) is 6.33 Å². The summed E-state index contributed by atoms with van der Waals surface area (Å²) in [6.07, 6.45) is 1.47. The van der Waals surface area contributed by atoms with Crippen LogP contribution in [0.2, 0.25) is 0 Å². The standard InChI is InChI=1S/C15H22N6O4/c1-7(2)11(16)15(23)25-8-3-10(24-9(8)4-22)21-6-20-12-13(17)18-5-19-14(12)21/h5-11,22H,3-4,16H2,1-2H3,(H2,17,18,19)/t8-,9-,10-,11+/m1/s1. The highest BCUT2D eigenvalue weighted by molar-refractivity contribution is 5.81. The number of nitrogens with two attached hydrogens (primary N) is 2. The number of carbonyl (C=O) groups is 1. The Labute approximate surface area is 144 Å². The van der Waals surface area contributed by atoms with Crippen molar-refractivity contribution in [2.75, 3.05) is 12.3 Å².